The Balaban J connectivity index is 1.68. The Labute approximate surface area is 185 Å². The van der Waals surface area contributed by atoms with Gasteiger partial charge >= 0.3 is 6.03 Å². The number of aryl methyl sites for hydroxylation is 1. The molecular weight excluding hydrogens is 420 g/mol. The number of likely N-dealkylation sites (N-methyl/N-ethyl adjacent to an activating group) is 1. The molecule has 1 saturated heterocycles. The summed E-state index contributed by atoms with van der Waals surface area (Å²) in [5, 5.41) is 5.14. The third-order valence-corrected chi connectivity index (χ3v) is 8.14. The number of amides is 3. The second kappa shape index (κ2) is 8.60. The van der Waals surface area contributed by atoms with E-state index in [2.05, 4.69) is 23.8 Å². The molecule has 2 aliphatic rings. The average Bonchev–Trinajstić information content (AvgIpc) is 3.12. The average molecular weight is 451 g/mol. The molecule has 1 saturated carbocycles. The van der Waals surface area contributed by atoms with Crippen molar-refractivity contribution in [1.82, 2.24) is 14.8 Å². The Morgan fingerprint density at radius 1 is 1.40 bits per heavy atom. The van der Waals surface area contributed by atoms with Gasteiger partial charge in [0.15, 0.2) is 5.13 Å². The van der Waals surface area contributed by atoms with Crippen molar-refractivity contribution in [3.63, 3.8) is 0 Å². The van der Waals surface area contributed by atoms with Crippen LogP contribution in [0.4, 0.5) is 9.93 Å². The van der Waals surface area contributed by atoms with Gasteiger partial charge in [0.1, 0.15) is 6.04 Å². The molecule has 0 bridgehead atoms. The number of anilines is 1. The third-order valence-electron chi connectivity index (χ3n) is 5.87. The minimum absolute atomic E-state index is 0.0823. The number of hydrogen-bond donors (Lipinski definition) is 3. The molecule has 164 valence electrons. The van der Waals surface area contributed by atoms with Gasteiger partial charge in [-0.3, -0.25) is 10.1 Å². The van der Waals surface area contributed by atoms with Gasteiger partial charge in [-0.15, -0.1) is 11.8 Å². The van der Waals surface area contributed by atoms with Crippen LogP contribution in [0.3, 0.4) is 0 Å². The maximum absolute atomic E-state index is 12.8. The van der Waals surface area contributed by atoms with E-state index >= 15 is 0 Å². The maximum atomic E-state index is 12.8. The molecule has 5 N–H and O–H groups in total. The summed E-state index contributed by atoms with van der Waals surface area (Å²) in [6.07, 6.45) is 2.85. The molecule has 1 aromatic rings. The smallest absolute Gasteiger partial charge is 0.324 e. The second-order valence-corrected chi connectivity index (χ2v) is 10.4. The third kappa shape index (κ3) is 4.81. The quantitative estimate of drug-likeness (QED) is 0.588. The summed E-state index contributed by atoms with van der Waals surface area (Å²) in [6, 6.07) is -0.927. The summed E-state index contributed by atoms with van der Waals surface area (Å²) in [4.78, 5) is 34.5. The number of carbonyl (C=O) groups is 2. The van der Waals surface area contributed by atoms with Crippen molar-refractivity contribution in [2.75, 3.05) is 26.0 Å². The highest BCUT2D eigenvalue weighted by Gasteiger charge is 2.40. The van der Waals surface area contributed by atoms with E-state index < -0.39 is 11.9 Å². The summed E-state index contributed by atoms with van der Waals surface area (Å²) < 4.78 is 0. The van der Waals surface area contributed by atoms with Crippen LogP contribution in [0.2, 0.25) is 0 Å². The first kappa shape index (κ1) is 22.6. The van der Waals surface area contributed by atoms with Crippen LogP contribution in [-0.4, -0.2) is 59.4 Å². The van der Waals surface area contributed by atoms with Gasteiger partial charge in [0.2, 0.25) is 5.91 Å². The van der Waals surface area contributed by atoms with Crippen LogP contribution in [0.25, 0.3) is 5.70 Å². The molecule has 30 heavy (non-hydrogen) atoms. The Bertz CT molecular complexity index is 890. The van der Waals surface area contributed by atoms with E-state index in [1.54, 1.807) is 11.8 Å². The molecule has 1 aliphatic carbocycles. The number of likely N-dealkylation sites (tertiary alicyclic amines) is 1. The van der Waals surface area contributed by atoms with Crippen LogP contribution in [0.1, 0.15) is 36.8 Å². The molecule has 0 aromatic carbocycles. The van der Waals surface area contributed by atoms with Crippen LogP contribution in [-0.2, 0) is 4.79 Å². The van der Waals surface area contributed by atoms with E-state index in [9.17, 15) is 9.59 Å². The van der Waals surface area contributed by atoms with Crippen molar-refractivity contribution in [3.05, 3.63) is 27.5 Å². The molecule has 1 aromatic heterocycles. The highest BCUT2D eigenvalue weighted by molar-refractivity contribution is 8.06. The summed E-state index contributed by atoms with van der Waals surface area (Å²) >= 11 is 2.87. The van der Waals surface area contributed by atoms with Crippen molar-refractivity contribution in [3.8, 4) is 0 Å². The van der Waals surface area contributed by atoms with Gasteiger partial charge in [0, 0.05) is 18.0 Å². The molecule has 10 heteroatoms. The van der Waals surface area contributed by atoms with E-state index in [0.717, 1.165) is 15.5 Å². The zero-order valence-electron chi connectivity index (χ0n) is 17.9. The first-order chi connectivity index (χ1) is 14.0. The zero-order chi connectivity index (χ0) is 22.2. The number of rotatable bonds is 7. The van der Waals surface area contributed by atoms with Gasteiger partial charge in [0.05, 0.1) is 16.3 Å². The number of thioether (sulfide) groups is 1. The van der Waals surface area contributed by atoms with E-state index in [4.69, 9.17) is 11.5 Å². The lowest BCUT2D eigenvalue weighted by atomic mass is 10.1. The van der Waals surface area contributed by atoms with E-state index in [0.29, 0.717) is 23.8 Å². The first-order valence-electron chi connectivity index (χ1n) is 9.84. The Morgan fingerprint density at radius 2 is 2.07 bits per heavy atom. The topological polar surface area (TPSA) is 118 Å². The van der Waals surface area contributed by atoms with Crippen LogP contribution < -0.4 is 16.8 Å². The van der Waals surface area contributed by atoms with Crippen molar-refractivity contribution in [1.29, 1.82) is 0 Å². The number of carbonyl (C=O) groups excluding carboxylic acids is 2. The van der Waals surface area contributed by atoms with Crippen LogP contribution in [0.15, 0.2) is 16.9 Å². The highest BCUT2D eigenvalue weighted by Crippen LogP contribution is 2.54. The maximum Gasteiger partial charge on any atom is 0.324 e. The molecule has 3 rings (SSSR count). The predicted octanol–water partition coefficient (Wildman–Crippen LogP) is 2.78. The molecule has 2 heterocycles. The van der Waals surface area contributed by atoms with Crippen molar-refractivity contribution in [2.24, 2.45) is 16.9 Å². The summed E-state index contributed by atoms with van der Waals surface area (Å²) in [6.45, 7) is 8.65. The fourth-order valence-electron chi connectivity index (χ4n) is 3.36. The normalized spacial score (nSPS) is 23.0. The molecule has 2 fully saturated rings. The van der Waals surface area contributed by atoms with E-state index in [1.165, 1.54) is 29.1 Å². The number of allylic oxidation sites excluding steroid dienone is 1. The minimum Gasteiger partial charge on any atom is -0.397 e. The largest absolute Gasteiger partial charge is 0.397 e. The Morgan fingerprint density at radius 3 is 2.63 bits per heavy atom. The van der Waals surface area contributed by atoms with Crippen molar-refractivity contribution < 1.29 is 9.59 Å². The SMILES string of the molecule is C=C(S/C=C(\N)c1sc(NC(=O)N2C[C@@H](N(C)C)CC2C(N)=O)nc1C)C1(C)CC1. The number of nitrogens with two attached hydrogens (primary N) is 2. The molecular formula is C20H30N6O2S2. The van der Waals surface area contributed by atoms with Crippen LogP contribution in [0, 0.1) is 12.3 Å². The summed E-state index contributed by atoms with van der Waals surface area (Å²) in [7, 11) is 3.85. The number of aromatic nitrogens is 1. The molecule has 1 unspecified atom stereocenters. The van der Waals surface area contributed by atoms with Gasteiger partial charge < -0.3 is 21.3 Å². The van der Waals surface area contributed by atoms with Crippen LogP contribution >= 0.6 is 23.1 Å². The number of urea groups is 1. The van der Waals surface area contributed by atoms with Crippen molar-refractivity contribution in [2.45, 2.75) is 45.2 Å². The van der Waals surface area contributed by atoms with Gasteiger partial charge in [0.25, 0.3) is 0 Å². The zero-order valence-corrected chi connectivity index (χ0v) is 19.5. The Kier molecular flexibility index (Phi) is 6.49. The standard InChI is InChI=1S/C20H30N6O2S2/c1-11-16(14(21)10-29-12(2)20(3)6-7-20)30-18(23-11)24-19(28)26-9-13(25(4)5)8-15(26)17(22)27/h10,13,15H,2,6-9,21H2,1,3-5H3,(H2,22,27)(H,23,24,28)/b14-10-/t13-,15?/m0/s1. The lowest BCUT2D eigenvalue weighted by molar-refractivity contribution is -0.121. The highest BCUT2D eigenvalue weighted by atomic mass is 32.2. The monoisotopic (exact) mass is 450 g/mol. The summed E-state index contributed by atoms with van der Waals surface area (Å²) in [5.41, 5.74) is 13.4. The van der Waals surface area contributed by atoms with E-state index in [1.807, 2.05) is 31.3 Å². The van der Waals surface area contributed by atoms with Gasteiger partial charge in [-0.1, -0.05) is 24.8 Å². The minimum atomic E-state index is -0.630. The fourth-order valence-corrected chi connectivity index (χ4v) is 5.19. The molecule has 0 spiro atoms. The van der Waals surface area contributed by atoms with Crippen LogP contribution in [0.5, 0.6) is 0 Å². The predicted molar refractivity (Wildman–Crippen MR) is 124 cm³/mol. The van der Waals surface area contributed by atoms with E-state index in [-0.39, 0.29) is 17.5 Å². The van der Waals surface area contributed by atoms with Gasteiger partial charge in [-0.25, -0.2) is 9.78 Å². The number of nitrogens with one attached hydrogen (secondary N) is 1. The summed E-state index contributed by atoms with van der Waals surface area (Å²) in [5.74, 6) is -0.501. The number of hydrogen-bond acceptors (Lipinski definition) is 7. The van der Waals surface area contributed by atoms with Gasteiger partial charge in [-0.05, 0) is 50.6 Å². The molecule has 2 atom stereocenters. The first-order valence-corrected chi connectivity index (χ1v) is 11.5. The molecule has 8 nitrogen and oxygen atoms in total. The number of nitrogens with zero attached hydrogens (tertiary/aromatic N) is 3. The van der Waals surface area contributed by atoms with Gasteiger partial charge in [-0.2, -0.15) is 0 Å². The molecule has 1 aliphatic heterocycles. The lowest BCUT2D eigenvalue weighted by Crippen LogP contribution is -2.45. The molecule has 3 amide bonds. The number of primary amides is 1. The molecule has 0 radical (unpaired) electrons. The second-order valence-electron chi connectivity index (χ2n) is 8.46. The Hall–Kier alpha value is -2.04. The fraction of sp³-hybridized carbons (Fsp3) is 0.550. The number of thiazole rings is 1. The van der Waals surface area contributed by atoms with Crippen molar-refractivity contribution >= 4 is 45.9 Å². The lowest BCUT2D eigenvalue weighted by Gasteiger charge is -2.22.